The zero-order chi connectivity index (χ0) is 17.5. The van der Waals surface area contributed by atoms with E-state index >= 15 is 0 Å². The van der Waals surface area contributed by atoms with Gasteiger partial charge in [0.05, 0.1) is 0 Å². The number of nitrogens with one attached hydrogen (secondary N) is 1. The second-order valence-corrected chi connectivity index (χ2v) is 9.68. The molecular weight excluding hydrogens is 306 g/mol. The zero-order valence-corrected chi connectivity index (χ0v) is 16.4. The first kappa shape index (κ1) is 17.4. The van der Waals surface area contributed by atoms with Gasteiger partial charge in [0.15, 0.2) is 0 Å². The molecule has 3 fully saturated rings. The normalized spacial score (nSPS) is 26.8. The molecule has 0 aromatic heterocycles. The predicted molar refractivity (Wildman–Crippen MR) is 106 cm³/mol. The third-order valence-electron chi connectivity index (χ3n) is 6.80. The van der Waals surface area contributed by atoms with Crippen LogP contribution in [0.2, 0.25) is 0 Å². The summed E-state index contributed by atoms with van der Waals surface area (Å²) < 4.78 is 0. The average molecular weight is 342 g/mol. The van der Waals surface area contributed by atoms with Crippen LogP contribution in [0, 0.1) is 10.8 Å². The molecule has 3 heterocycles. The number of anilines is 1. The molecule has 0 bridgehead atoms. The van der Waals surface area contributed by atoms with E-state index in [1.54, 1.807) is 0 Å². The average Bonchev–Trinajstić information content (AvgIpc) is 3.08. The van der Waals surface area contributed by atoms with Gasteiger partial charge in [0.2, 0.25) is 0 Å². The van der Waals surface area contributed by atoms with Crippen molar-refractivity contribution in [3.8, 4) is 0 Å². The number of likely N-dealkylation sites (tertiary alicyclic amines) is 1. The Bertz CT molecular complexity index is 572. The third kappa shape index (κ3) is 3.46. The maximum absolute atomic E-state index is 3.72. The molecule has 3 saturated heterocycles. The van der Waals surface area contributed by atoms with Crippen LogP contribution in [0.15, 0.2) is 24.3 Å². The summed E-state index contributed by atoms with van der Waals surface area (Å²) in [5.74, 6) is 0. The van der Waals surface area contributed by atoms with Gasteiger partial charge in [0.25, 0.3) is 0 Å². The molecule has 3 aliphatic heterocycles. The van der Waals surface area contributed by atoms with Gasteiger partial charge in [-0.2, -0.15) is 0 Å². The molecule has 0 aliphatic carbocycles. The van der Waals surface area contributed by atoms with Crippen LogP contribution in [0.3, 0.4) is 0 Å². The summed E-state index contributed by atoms with van der Waals surface area (Å²) in [6.45, 7) is 14.5. The first-order chi connectivity index (χ1) is 12.0. The molecule has 3 heteroatoms. The molecule has 1 aromatic carbocycles. The first-order valence-electron chi connectivity index (χ1n) is 10.3. The summed E-state index contributed by atoms with van der Waals surface area (Å²) in [6.07, 6.45) is 5.41. The summed E-state index contributed by atoms with van der Waals surface area (Å²) >= 11 is 0. The minimum atomic E-state index is 0.381. The maximum Gasteiger partial charge on any atom is 0.0366 e. The van der Waals surface area contributed by atoms with Gasteiger partial charge in [-0.15, -0.1) is 0 Å². The molecule has 0 radical (unpaired) electrons. The van der Waals surface area contributed by atoms with Crippen molar-refractivity contribution in [3.63, 3.8) is 0 Å². The molecule has 138 valence electrons. The summed E-state index contributed by atoms with van der Waals surface area (Å²) in [4.78, 5) is 5.18. The fraction of sp³-hybridized carbons (Fsp3) is 0.727. The highest BCUT2D eigenvalue weighted by Crippen LogP contribution is 2.47. The van der Waals surface area contributed by atoms with E-state index in [0.717, 1.165) is 6.54 Å². The van der Waals surface area contributed by atoms with Crippen LogP contribution in [0.1, 0.15) is 52.0 Å². The molecule has 1 aromatic rings. The lowest BCUT2D eigenvalue weighted by Gasteiger charge is -2.59. The quantitative estimate of drug-likeness (QED) is 0.900. The van der Waals surface area contributed by atoms with Crippen LogP contribution in [-0.2, 0) is 6.54 Å². The minimum absolute atomic E-state index is 0.381. The maximum atomic E-state index is 3.72. The van der Waals surface area contributed by atoms with Gasteiger partial charge in [-0.05, 0) is 61.9 Å². The molecule has 25 heavy (non-hydrogen) atoms. The van der Waals surface area contributed by atoms with Gasteiger partial charge in [0.1, 0.15) is 0 Å². The van der Waals surface area contributed by atoms with E-state index in [4.69, 9.17) is 0 Å². The highest BCUT2D eigenvalue weighted by Gasteiger charge is 2.52. The topological polar surface area (TPSA) is 18.5 Å². The van der Waals surface area contributed by atoms with Gasteiger partial charge >= 0.3 is 0 Å². The minimum Gasteiger partial charge on any atom is -0.372 e. The van der Waals surface area contributed by atoms with Crippen LogP contribution >= 0.6 is 0 Å². The number of hydrogen-bond donors (Lipinski definition) is 1. The summed E-state index contributed by atoms with van der Waals surface area (Å²) in [5, 5.41) is 3.72. The fourth-order valence-electron chi connectivity index (χ4n) is 5.39. The van der Waals surface area contributed by atoms with E-state index < -0.39 is 0 Å². The molecule has 1 unspecified atom stereocenters. The van der Waals surface area contributed by atoms with E-state index in [9.17, 15) is 0 Å². The lowest BCUT2D eigenvalue weighted by molar-refractivity contribution is -0.0446. The molecule has 0 amide bonds. The Kier molecular flexibility index (Phi) is 4.57. The molecule has 4 rings (SSSR count). The molecular formula is C22H35N3. The van der Waals surface area contributed by atoms with Crippen molar-refractivity contribution in [2.45, 2.75) is 59.0 Å². The zero-order valence-electron chi connectivity index (χ0n) is 16.4. The van der Waals surface area contributed by atoms with Crippen molar-refractivity contribution in [2.75, 3.05) is 37.6 Å². The van der Waals surface area contributed by atoms with Crippen molar-refractivity contribution in [3.05, 3.63) is 29.8 Å². The van der Waals surface area contributed by atoms with E-state index in [1.165, 1.54) is 69.7 Å². The van der Waals surface area contributed by atoms with E-state index in [2.05, 4.69) is 60.2 Å². The number of benzene rings is 1. The lowest BCUT2D eigenvalue weighted by atomic mass is 9.59. The van der Waals surface area contributed by atoms with Crippen molar-refractivity contribution in [1.82, 2.24) is 10.2 Å². The highest BCUT2D eigenvalue weighted by molar-refractivity contribution is 5.48. The number of nitrogens with zero attached hydrogens (tertiary/aromatic N) is 2. The SMILES string of the molecule is CC(C)(C)C1NCC12CCN(Cc1ccc(N3CCCC3)cc1)CC2. The molecule has 1 N–H and O–H groups in total. The predicted octanol–water partition coefficient (Wildman–Crippen LogP) is 3.89. The Balaban J connectivity index is 1.31. The standard InChI is InChI=1S/C22H35N3/c1-21(2,3)20-22(17-23-20)10-14-24(15-11-22)16-18-6-8-19(9-7-18)25-12-4-5-13-25/h6-9,20,23H,4-5,10-17H2,1-3H3. The van der Waals surface area contributed by atoms with Gasteiger partial charge in [-0.25, -0.2) is 0 Å². The van der Waals surface area contributed by atoms with Crippen LogP contribution in [0.25, 0.3) is 0 Å². The van der Waals surface area contributed by atoms with Gasteiger partial charge in [-0.3, -0.25) is 4.90 Å². The molecule has 1 atom stereocenters. The first-order valence-corrected chi connectivity index (χ1v) is 10.3. The van der Waals surface area contributed by atoms with Gasteiger partial charge < -0.3 is 10.2 Å². The van der Waals surface area contributed by atoms with E-state index in [1.807, 2.05) is 0 Å². The summed E-state index contributed by atoms with van der Waals surface area (Å²) in [6, 6.07) is 10.1. The second kappa shape index (κ2) is 6.59. The van der Waals surface area contributed by atoms with Crippen molar-refractivity contribution < 1.29 is 0 Å². The second-order valence-electron chi connectivity index (χ2n) is 9.68. The fourth-order valence-corrected chi connectivity index (χ4v) is 5.39. The molecule has 1 spiro atoms. The Morgan fingerprint density at radius 3 is 2.16 bits per heavy atom. The van der Waals surface area contributed by atoms with Crippen LogP contribution in [0.5, 0.6) is 0 Å². The highest BCUT2D eigenvalue weighted by atomic mass is 15.2. The Morgan fingerprint density at radius 2 is 1.64 bits per heavy atom. The largest absolute Gasteiger partial charge is 0.372 e. The van der Waals surface area contributed by atoms with E-state index in [-0.39, 0.29) is 0 Å². The number of hydrogen-bond acceptors (Lipinski definition) is 3. The molecule has 3 aliphatic rings. The Morgan fingerprint density at radius 1 is 1.00 bits per heavy atom. The number of rotatable bonds is 3. The van der Waals surface area contributed by atoms with Crippen LogP contribution < -0.4 is 10.2 Å². The lowest BCUT2D eigenvalue weighted by Crippen LogP contribution is -2.69. The van der Waals surface area contributed by atoms with Crippen LogP contribution in [-0.4, -0.2) is 43.7 Å². The molecule has 3 nitrogen and oxygen atoms in total. The summed E-state index contributed by atoms with van der Waals surface area (Å²) in [5.41, 5.74) is 3.82. The van der Waals surface area contributed by atoms with Gasteiger partial charge in [-0.1, -0.05) is 32.9 Å². The third-order valence-corrected chi connectivity index (χ3v) is 6.80. The van der Waals surface area contributed by atoms with Gasteiger partial charge in [0, 0.05) is 43.3 Å². The van der Waals surface area contributed by atoms with E-state index in [0.29, 0.717) is 16.9 Å². The van der Waals surface area contributed by atoms with Crippen LogP contribution in [0.4, 0.5) is 5.69 Å². The Hall–Kier alpha value is -1.06. The number of piperidine rings is 1. The van der Waals surface area contributed by atoms with Crippen molar-refractivity contribution >= 4 is 5.69 Å². The Labute approximate surface area is 153 Å². The molecule has 0 saturated carbocycles. The monoisotopic (exact) mass is 341 g/mol. The summed E-state index contributed by atoms with van der Waals surface area (Å²) in [7, 11) is 0. The van der Waals surface area contributed by atoms with Crippen molar-refractivity contribution in [1.29, 1.82) is 0 Å². The smallest absolute Gasteiger partial charge is 0.0366 e. The van der Waals surface area contributed by atoms with Crippen molar-refractivity contribution in [2.24, 2.45) is 10.8 Å².